The molecule has 106 valence electrons. The summed E-state index contributed by atoms with van der Waals surface area (Å²) < 4.78 is 5.57. The molecule has 1 saturated heterocycles. The van der Waals surface area contributed by atoms with E-state index in [1.165, 1.54) is 12.2 Å². The molecule has 1 unspecified atom stereocenters. The summed E-state index contributed by atoms with van der Waals surface area (Å²) in [4.78, 5) is 4.59. The zero-order valence-electron chi connectivity index (χ0n) is 12.3. The number of nitrogens with zero attached hydrogens (tertiary/aromatic N) is 1. The van der Waals surface area contributed by atoms with Crippen LogP contribution in [0.3, 0.4) is 0 Å². The molecule has 1 rings (SSSR count). The number of ether oxygens (including phenoxy) is 1. The fraction of sp³-hybridized carbons (Fsp3) is 0.929. The van der Waals surface area contributed by atoms with Crippen LogP contribution < -0.4 is 5.32 Å². The van der Waals surface area contributed by atoms with Crippen molar-refractivity contribution in [1.82, 2.24) is 5.32 Å². The molecule has 0 bridgehead atoms. The highest BCUT2D eigenvalue weighted by atomic mass is 32.2. The number of nitrogens with one attached hydrogen (secondary N) is 1. The van der Waals surface area contributed by atoms with Gasteiger partial charge in [-0.2, -0.15) is 0 Å². The normalized spacial score (nSPS) is 26.6. The SMILES string of the molecule is CCC1(C)CCSC(=NCCOCCC(C)C)N1. The van der Waals surface area contributed by atoms with Crippen molar-refractivity contribution in [2.24, 2.45) is 10.9 Å². The summed E-state index contributed by atoms with van der Waals surface area (Å²) in [7, 11) is 0. The topological polar surface area (TPSA) is 33.6 Å². The lowest BCUT2D eigenvalue weighted by Gasteiger charge is -2.35. The average molecular weight is 272 g/mol. The Morgan fingerprint density at radius 3 is 2.89 bits per heavy atom. The number of hydrogen-bond donors (Lipinski definition) is 1. The molecule has 1 N–H and O–H groups in total. The molecule has 1 atom stereocenters. The molecule has 0 aromatic heterocycles. The van der Waals surface area contributed by atoms with Crippen LogP contribution in [0.5, 0.6) is 0 Å². The first kappa shape index (κ1) is 15.8. The van der Waals surface area contributed by atoms with E-state index in [0.717, 1.165) is 43.7 Å². The van der Waals surface area contributed by atoms with E-state index in [1.54, 1.807) is 0 Å². The van der Waals surface area contributed by atoms with E-state index in [4.69, 9.17) is 4.74 Å². The van der Waals surface area contributed by atoms with Crippen molar-refractivity contribution >= 4 is 16.9 Å². The minimum absolute atomic E-state index is 0.239. The summed E-state index contributed by atoms with van der Waals surface area (Å²) in [5, 5.41) is 4.64. The number of thioether (sulfide) groups is 1. The number of aliphatic imine (C=N–C) groups is 1. The van der Waals surface area contributed by atoms with Crippen LogP contribution in [0.4, 0.5) is 0 Å². The van der Waals surface area contributed by atoms with Crippen LogP contribution in [0.15, 0.2) is 4.99 Å². The van der Waals surface area contributed by atoms with Crippen LogP contribution in [0.25, 0.3) is 0 Å². The Morgan fingerprint density at radius 2 is 2.22 bits per heavy atom. The minimum Gasteiger partial charge on any atom is -0.380 e. The lowest BCUT2D eigenvalue weighted by Crippen LogP contribution is -2.48. The molecular formula is C14H28N2OS. The number of rotatable bonds is 7. The van der Waals surface area contributed by atoms with E-state index < -0.39 is 0 Å². The van der Waals surface area contributed by atoms with Crippen LogP contribution in [0, 0.1) is 5.92 Å². The highest BCUT2D eigenvalue weighted by molar-refractivity contribution is 8.13. The molecule has 0 amide bonds. The van der Waals surface area contributed by atoms with Gasteiger partial charge in [0.1, 0.15) is 0 Å². The lowest BCUT2D eigenvalue weighted by atomic mass is 9.96. The monoisotopic (exact) mass is 272 g/mol. The Bertz CT molecular complexity index is 269. The van der Waals surface area contributed by atoms with Gasteiger partial charge in [-0.1, -0.05) is 32.5 Å². The molecule has 4 heteroatoms. The molecule has 0 spiro atoms. The van der Waals surface area contributed by atoms with Gasteiger partial charge in [0.05, 0.1) is 13.2 Å². The first-order valence-corrected chi connectivity index (χ1v) is 8.07. The average Bonchev–Trinajstić information content (AvgIpc) is 2.33. The highest BCUT2D eigenvalue weighted by Gasteiger charge is 2.27. The second-order valence-electron chi connectivity index (χ2n) is 5.62. The van der Waals surface area contributed by atoms with Gasteiger partial charge in [-0.15, -0.1) is 0 Å². The Morgan fingerprint density at radius 1 is 1.44 bits per heavy atom. The first-order chi connectivity index (χ1) is 8.56. The van der Waals surface area contributed by atoms with Gasteiger partial charge in [0.2, 0.25) is 0 Å². The zero-order valence-corrected chi connectivity index (χ0v) is 13.1. The van der Waals surface area contributed by atoms with Crippen LogP contribution in [-0.2, 0) is 4.74 Å². The molecule has 1 fully saturated rings. The van der Waals surface area contributed by atoms with Gasteiger partial charge in [0.15, 0.2) is 5.17 Å². The molecule has 0 aromatic carbocycles. The number of hydrogen-bond acceptors (Lipinski definition) is 3. The van der Waals surface area contributed by atoms with E-state index in [9.17, 15) is 0 Å². The smallest absolute Gasteiger partial charge is 0.157 e. The lowest BCUT2D eigenvalue weighted by molar-refractivity contribution is 0.130. The van der Waals surface area contributed by atoms with Crippen molar-refractivity contribution in [2.75, 3.05) is 25.5 Å². The van der Waals surface area contributed by atoms with E-state index in [-0.39, 0.29) is 5.54 Å². The maximum atomic E-state index is 5.57. The van der Waals surface area contributed by atoms with Crippen molar-refractivity contribution in [2.45, 2.75) is 52.5 Å². The van der Waals surface area contributed by atoms with E-state index in [0.29, 0.717) is 0 Å². The molecule has 1 aliphatic rings. The third kappa shape index (κ3) is 6.10. The van der Waals surface area contributed by atoms with E-state index in [2.05, 4.69) is 38.0 Å². The second kappa shape index (κ2) is 8.05. The Hall–Kier alpha value is -0.220. The zero-order chi connectivity index (χ0) is 13.4. The Labute approximate surface area is 116 Å². The molecule has 0 saturated carbocycles. The highest BCUT2D eigenvalue weighted by Crippen LogP contribution is 2.24. The summed E-state index contributed by atoms with van der Waals surface area (Å²) in [5.41, 5.74) is 0.239. The third-order valence-corrected chi connectivity index (χ3v) is 4.33. The predicted octanol–water partition coefficient (Wildman–Crippen LogP) is 3.30. The summed E-state index contributed by atoms with van der Waals surface area (Å²) in [5.74, 6) is 1.89. The summed E-state index contributed by atoms with van der Waals surface area (Å²) >= 11 is 1.83. The van der Waals surface area contributed by atoms with Crippen LogP contribution >= 0.6 is 11.8 Å². The van der Waals surface area contributed by atoms with E-state index >= 15 is 0 Å². The molecule has 3 nitrogen and oxygen atoms in total. The Balaban J connectivity index is 2.18. The Kier molecular flexibility index (Phi) is 7.08. The molecule has 0 aromatic rings. The standard InChI is InChI=1S/C14H28N2OS/c1-5-14(4)7-11-18-13(16-14)15-8-10-17-9-6-12(2)3/h12H,5-11H2,1-4H3,(H,15,16). The van der Waals surface area contributed by atoms with Gasteiger partial charge in [0.25, 0.3) is 0 Å². The molecular weight excluding hydrogens is 244 g/mol. The molecule has 0 aliphatic carbocycles. The summed E-state index contributed by atoms with van der Waals surface area (Å²) in [6, 6.07) is 0. The van der Waals surface area contributed by atoms with Crippen molar-refractivity contribution < 1.29 is 4.74 Å². The second-order valence-corrected chi connectivity index (χ2v) is 6.70. The van der Waals surface area contributed by atoms with Gasteiger partial charge in [-0.3, -0.25) is 4.99 Å². The maximum Gasteiger partial charge on any atom is 0.157 e. The van der Waals surface area contributed by atoms with Crippen LogP contribution in [0.2, 0.25) is 0 Å². The van der Waals surface area contributed by atoms with Crippen molar-refractivity contribution in [3.05, 3.63) is 0 Å². The molecule has 1 heterocycles. The first-order valence-electron chi connectivity index (χ1n) is 7.09. The largest absolute Gasteiger partial charge is 0.380 e. The minimum atomic E-state index is 0.239. The predicted molar refractivity (Wildman–Crippen MR) is 81.5 cm³/mol. The van der Waals surface area contributed by atoms with Gasteiger partial charge in [0, 0.05) is 17.9 Å². The molecule has 1 aliphatic heterocycles. The molecule has 0 radical (unpaired) electrons. The van der Waals surface area contributed by atoms with Gasteiger partial charge >= 0.3 is 0 Å². The van der Waals surface area contributed by atoms with Crippen LogP contribution in [0.1, 0.15) is 47.0 Å². The van der Waals surface area contributed by atoms with Crippen molar-refractivity contribution in [1.29, 1.82) is 0 Å². The van der Waals surface area contributed by atoms with Crippen LogP contribution in [-0.4, -0.2) is 36.2 Å². The molecule has 18 heavy (non-hydrogen) atoms. The van der Waals surface area contributed by atoms with Gasteiger partial charge in [-0.25, -0.2) is 0 Å². The van der Waals surface area contributed by atoms with E-state index in [1.807, 2.05) is 11.8 Å². The number of amidine groups is 1. The summed E-state index contributed by atoms with van der Waals surface area (Å²) in [6.45, 7) is 11.3. The quantitative estimate of drug-likeness (QED) is 0.722. The summed E-state index contributed by atoms with van der Waals surface area (Å²) in [6.07, 6.45) is 3.51. The van der Waals surface area contributed by atoms with Crippen molar-refractivity contribution in [3.63, 3.8) is 0 Å². The fourth-order valence-electron chi connectivity index (χ4n) is 1.71. The third-order valence-electron chi connectivity index (χ3n) is 3.41. The van der Waals surface area contributed by atoms with Crippen molar-refractivity contribution in [3.8, 4) is 0 Å². The van der Waals surface area contributed by atoms with Gasteiger partial charge < -0.3 is 10.1 Å². The maximum absolute atomic E-state index is 5.57. The fourth-order valence-corrected chi connectivity index (χ4v) is 2.96. The van der Waals surface area contributed by atoms with Gasteiger partial charge in [-0.05, 0) is 32.1 Å².